The molecule has 0 aromatic heterocycles. The molecule has 2 aromatic rings. The Hall–Kier alpha value is -2.38. The van der Waals surface area contributed by atoms with Crippen LogP contribution in [-0.4, -0.2) is 21.4 Å². The van der Waals surface area contributed by atoms with Crippen LogP contribution in [0.4, 0.5) is 5.69 Å². The average Bonchev–Trinajstić information content (AvgIpc) is 2.48. The van der Waals surface area contributed by atoms with Crippen molar-refractivity contribution in [1.29, 1.82) is 0 Å². The fourth-order valence-electron chi connectivity index (χ4n) is 2.07. The van der Waals surface area contributed by atoms with E-state index in [1.54, 1.807) is 6.07 Å². The third kappa shape index (κ3) is 4.54. The molecular weight excluding hydrogens is 316 g/mol. The number of amides is 1. The molecule has 6 nitrogen and oxygen atoms in total. The van der Waals surface area contributed by atoms with Gasteiger partial charge in [0, 0.05) is 5.69 Å². The molecule has 0 radical (unpaired) electrons. The van der Waals surface area contributed by atoms with Crippen molar-refractivity contribution < 1.29 is 17.9 Å². The van der Waals surface area contributed by atoms with Gasteiger partial charge in [-0.05, 0) is 30.7 Å². The molecule has 0 aliphatic carbocycles. The molecule has 1 amide bonds. The Morgan fingerprint density at radius 3 is 2.39 bits per heavy atom. The predicted molar refractivity (Wildman–Crippen MR) is 87.9 cm³/mol. The molecule has 0 atom stereocenters. The highest BCUT2D eigenvalue weighted by Gasteiger charge is 2.16. The number of benzene rings is 2. The average molecular weight is 334 g/mol. The van der Waals surface area contributed by atoms with E-state index in [1.165, 1.54) is 19.2 Å². The van der Waals surface area contributed by atoms with Crippen LogP contribution < -0.4 is 15.2 Å². The molecule has 0 heterocycles. The molecule has 2 aromatic carbocycles. The summed E-state index contributed by atoms with van der Waals surface area (Å²) in [4.78, 5) is 11.9. The minimum atomic E-state index is -3.94. The first kappa shape index (κ1) is 17.0. The van der Waals surface area contributed by atoms with Gasteiger partial charge in [-0.2, -0.15) is 0 Å². The van der Waals surface area contributed by atoms with Crippen molar-refractivity contribution in [3.8, 4) is 5.75 Å². The number of hydrogen-bond donors (Lipinski definition) is 2. The Balaban J connectivity index is 2.16. The summed E-state index contributed by atoms with van der Waals surface area (Å²) in [6.45, 7) is 1.97. The van der Waals surface area contributed by atoms with Crippen molar-refractivity contribution in [3.05, 3.63) is 53.6 Å². The van der Waals surface area contributed by atoms with Gasteiger partial charge >= 0.3 is 0 Å². The zero-order chi connectivity index (χ0) is 17.0. The van der Waals surface area contributed by atoms with Gasteiger partial charge in [0.15, 0.2) is 0 Å². The molecule has 0 saturated carbocycles. The number of aryl methyl sites for hydroxylation is 1. The van der Waals surface area contributed by atoms with Crippen molar-refractivity contribution in [2.24, 2.45) is 5.14 Å². The third-order valence-corrected chi connectivity index (χ3v) is 4.17. The number of nitrogens with one attached hydrogen (secondary N) is 1. The SMILES string of the molecule is COc1ccc(NC(=O)Cc2ccc(C)cc2)cc1S(N)(=O)=O. The second-order valence-electron chi connectivity index (χ2n) is 5.12. The Morgan fingerprint density at radius 1 is 1.17 bits per heavy atom. The minimum absolute atomic E-state index is 0.129. The summed E-state index contributed by atoms with van der Waals surface area (Å²) in [5.41, 5.74) is 2.32. The lowest BCUT2D eigenvalue weighted by Gasteiger charge is -2.10. The van der Waals surface area contributed by atoms with E-state index in [0.29, 0.717) is 5.69 Å². The Kier molecular flexibility index (Phi) is 5.02. The van der Waals surface area contributed by atoms with Crippen LogP contribution in [0.1, 0.15) is 11.1 Å². The molecule has 0 fully saturated rings. The lowest BCUT2D eigenvalue weighted by Crippen LogP contribution is -2.17. The molecule has 23 heavy (non-hydrogen) atoms. The summed E-state index contributed by atoms with van der Waals surface area (Å²) in [6, 6.07) is 11.9. The normalized spacial score (nSPS) is 11.1. The monoisotopic (exact) mass is 334 g/mol. The van der Waals surface area contributed by atoms with Gasteiger partial charge in [0.25, 0.3) is 0 Å². The highest BCUT2D eigenvalue weighted by atomic mass is 32.2. The van der Waals surface area contributed by atoms with Crippen LogP contribution in [0.3, 0.4) is 0 Å². The number of carbonyl (C=O) groups excluding carboxylic acids is 1. The van der Waals surface area contributed by atoms with Gasteiger partial charge in [0.1, 0.15) is 10.6 Å². The fraction of sp³-hybridized carbons (Fsp3) is 0.188. The van der Waals surface area contributed by atoms with E-state index in [-0.39, 0.29) is 23.0 Å². The van der Waals surface area contributed by atoms with E-state index in [9.17, 15) is 13.2 Å². The maximum Gasteiger partial charge on any atom is 0.241 e. The summed E-state index contributed by atoms with van der Waals surface area (Å²) in [7, 11) is -2.60. The van der Waals surface area contributed by atoms with Crippen LogP contribution in [0, 0.1) is 6.92 Å². The van der Waals surface area contributed by atoms with Gasteiger partial charge < -0.3 is 10.1 Å². The number of carbonyl (C=O) groups is 1. The molecule has 0 aliphatic heterocycles. The highest BCUT2D eigenvalue weighted by molar-refractivity contribution is 7.89. The number of ether oxygens (including phenoxy) is 1. The van der Waals surface area contributed by atoms with Gasteiger partial charge in [-0.3, -0.25) is 4.79 Å². The molecule has 0 saturated heterocycles. The topological polar surface area (TPSA) is 98.5 Å². The maximum absolute atomic E-state index is 12.1. The van der Waals surface area contributed by atoms with Crippen molar-refractivity contribution >= 4 is 21.6 Å². The summed E-state index contributed by atoms with van der Waals surface area (Å²) < 4.78 is 28.1. The van der Waals surface area contributed by atoms with Crippen molar-refractivity contribution in [3.63, 3.8) is 0 Å². The van der Waals surface area contributed by atoms with Crippen LogP contribution in [0.25, 0.3) is 0 Å². The largest absolute Gasteiger partial charge is 0.495 e. The molecule has 0 bridgehead atoms. The van der Waals surface area contributed by atoms with Crippen molar-refractivity contribution in [2.45, 2.75) is 18.2 Å². The Labute approximate surface area is 135 Å². The Bertz CT molecular complexity index is 814. The van der Waals surface area contributed by atoms with E-state index >= 15 is 0 Å². The zero-order valence-corrected chi connectivity index (χ0v) is 13.7. The lowest BCUT2D eigenvalue weighted by atomic mass is 10.1. The summed E-state index contributed by atoms with van der Waals surface area (Å²) >= 11 is 0. The van der Waals surface area contributed by atoms with Crippen LogP contribution in [0.2, 0.25) is 0 Å². The number of primary sulfonamides is 1. The van der Waals surface area contributed by atoms with Crippen molar-refractivity contribution in [1.82, 2.24) is 0 Å². The van der Waals surface area contributed by atoms with Gasteiger partial charge in [-0.15, -0.1) is 0 Å². The Morgan fingerprint density at radius 2 is 1.83 bits per heavy atom. The molecule has 122 valence electrons. The van der Waals surface area contributed by atoms with Gasteiger partial charge in [-0.25, -0.2) is 13.6 Å². The zero-order valence-electron chi connectivity index (χ0n) is 12.9. The number of nitrogens with two attached hydrogens (primary N) is 1. The molecule has 0 unspecified atom stereocenters. The lowest BCUT2D eigenvalue weighted by molar-refractivity contribution is -0.115. The number of rotatable bonds is 5. The van der Waals surface area contributed by atoms with E-state index in [2.05, 4.69) is 5.32 Å². The maximum atomic E-state index is 12.1. The molecule has 0 spiro atoms. The van der Waals surface area contributed by atoms with Gasteiger partial charge in [-0.1, -0.05) is 29.8 Å². The smallest absolute Gasteiger partial charge is 0.241 e. The van der Waals surface area contributed by atoms with Crippen LogP contribution in [-0.2, 0) is 21.2 Å². The van der Waals surface area contributed by atoms with Gasteiger partial charge in [0.05, 0.1) is 13.5 Å². The second kappa shape index (κ2) is 6.80. The standard InChI is InChI=1S/C16H18N2O4S/c1-11-3-5-12(6-4-11)9-16(19)18-13-7-8-14(22-2)15(10-13)23(17,20)21/h3-8,10H,9H2,1-2H3,(H,18,19)(H2,17,20,21). The van der Waals surface area contributed by atoms with E-state index in [4.69, 9.17) is 9.88 Å². The molecule has 3 N–H and O–H groups in total. The third-order valence-electron chi connectivity index (χ3n) is 3.24. The first-order chi connectivity index (χ1) is 10.8. The molecule has 2 rings (SSSR count). The number of sulfonamides is 1. The summed E-state index contributed by atoms with van der Waals surface area (Å²) in [6.07, 6.45) is 0.191. The van der Waals surface area contributed by atoms with Crippen LogP contribution in [0.15, 0.2) is 47.4 Å². The number of methoxy groups -OCH3 is 1. The van der Waals surface area contributed by atoms with Crippen LogP contribution >= 0.6 is 0 Å². The molecule has 0 aliphatic rings. The predicted octanol–water partition coefficient (Wildman–Crippen LogP) is 1.83. The van der Waals surface area contributed by atoms with E-state index < -0.39 is 10.0 Å². The molecular formula is C16H18N2O4S. The molecule has 7 heteroatoms. The quantitative estimate of drug-likeness (QED) is 0.871. The van der Waals surface area contributed by atoms with Crippen LogP contribution in [0.5, 0.6) is 5.75 Å². The summed E-state index contributed by atoms with van der Waals surface area (Å²) in [5.74, 6) is -0.122. The fourth-order valence-corrected chi connectivity index (χ4v) is 2.80. The van der Waals surface area contributed by atoms with E-state index in [1.807, 2.05) is 31.2 Å². The second-order valence-corrected chi connectivity index (χ2v) is 6.65. The van der Waals surface area contributed by atoms with E-state index in [0.717, 1.165) is 11.1 Å². The number of hydrogen-bond acceptors (Lipinski definition) is 4. The first-order valence-electron chi connectivity index (χ1n) is 6.86. The van der Waals surface area contributed by atoms with Gasteiger partial charge in [0.2, 0.25) is 15.9 Å². The van der Waals surface area contributed by atoms with Crippen molar-refractivity contribution in [2.75, 3.05) is 12.4 Å². The first-order valence-corrected chi connectivity index (χ1v) is 8.40. The highest BCUT2D eigenvalue weighted by Crippen LogP contribution is 2.26. The minimum Gasteiger partial charge on any atom is -0.495 e. The number of anilines is 1. The summed E-state index contributed by atoms with van der Waals surface area (Å²) in [5, 5.41) is 7.80.